The molecule has 0 radical (unpaired) electrons. The van der Waals surface area contributed by atoms with Gasteiger partial charge in [-0.05, 0) is 13.0 Å². The Labute approximate surface area is 82.6 Å². The average molecular weight is 200 g/mol. The molecule has 0 spiro atoms. The quantitative estimate of drug-likeness (QED) is 0.521. The van der Waals surface area contributed by atoms with Crippen LogP contribution in [0.2, 0.25) is 0 Å². The molecule has 0 aliphatic carbocycles. The average Bonchev–Trinajstić information content (AvgIpc) is 2.47. The van der Waals surface area contributed by atoms with Crippen LogP contribution in [0.4, 0.5) is 4.79 Å². The van der Waals surface area contributed by atoms with Crippen molar-refractivity contribution >= 4 is 11.9 Å². The van der Waals surface area contributed by atoms with Gasteiger partial charge in [-0.15, -0.1) is 0 Å². The van der Waals surface area contributed by atoms with Gasteiger partial charge >= 0.3 is 6.03 Å². The fourth-order valence-corrected chi connectivity index (χ4v) is 1.53. The van der Waals surface area contributed by atoms with Crippen molar-refractivity contribution in [1.29, 1.82) is 0 Å². The van der Waals surface area contributed by atoms with E-state index in [4.69, 9.17) is 11.5 Å². The second-order valence-corrected chi connectivity index (χ2v) is 3.51. The molecule has 80 valence electrons. The molecular weight excluding hydrogens is 184 g/mol. The molecule has 3 amide bonds. The smallest absolute Gasteiger partial charge is 0.318 e. The number of likely N-dealkylation sites (tertiary alicyclic amines) is 1. The first-order valence-corrected chi connectivity index (χ1v) is 4.65. The molecule has 1 atom stereocenters. The van der Waals surface area contributed by atoms with Crippen LogP contribution in [-0.4, -0.2) is 42.5 Å². The number of rotatable bonds is 3. The van der Waals surface area contributed by atoms with Crippen molar-refractivity contribution in [2.45, 2.75) is 18.9 Å². The van der Waals surface area contributed by atoms with Crippen LogP contribution in [0.15, 0.2) is 0 Å². The van der Waals surface area contributed by atoms with E-state index < -0.39 is 6.03 Å². The number of amides is 3. The molecule has 1 aliphatic rings. The lowest BCUT2D eigenvalue weighted by atomic mass is 10.3. The van der Waals surface area contributed by atoms with Crippen LogP contribution in [0.1, 0.15) is 12.8 Å². The molecule has 0 aromatic heterocycles. The summed E-state index contributed by atoms with van der Waals surface area (Å²) in [5, 5.41) is 2.02. The summed E-state index contributed by atoms with van der Waals surface area (Å²) in [6.07, 6.45) is 1.26. The highest BCUT2D eigenvalue weighted by Crippen LogP contribution is 2.06. The van der Waals surface area contributed by atoms with Crippen LogP contribution >= 0.6 is 0 Å². The summed E-state index contributed by atoms with van der Waals surface area (Å²) in [6.45, 7) is 2.38. The van der Waals surface area contributed by atoms with Gasteiger partial charge in [0, 0.05) is 25.6 Å². The monoisotopic (exact) mass is 200 g/mol. The van der Waals surface area contributed by atoms with Gasteiger partial charge in [0.1, 0.15) is 0 Å². The van der Waals surface area contributed by atoms with Gasteiger partial charge in [0.25, 0.3) is 0 Å². The molecule has 0 aromatic carbocycles. The first-order valence-electron chi connectivity index (χ1n) is 4.65. The lowest BCUT2D eigenvalue weighted by molar-refractivity contribution is -0.120. The molecule has 0 saturated carbocycles. The number of urea groups is 1. The fraction of sp³-hybridized carbons (Fsp3) is 0.750. The van der Waals surface area contributed by atoms with E-state index in [1.807, 2.05) is 5.32 Å². The van der Waals surface area contributed by atoms with Crippen LogP contribution in [0.3, 0.4) is 0 Å². The van der Waals surface area contributed by atoms with Gasteiger partial charge in [0.05, 0.1) is 0 Å². The zero-order valence-electron chi connectivity index (χ0n) is 8.03. The van der Waals surface area contributed by atoms with Gasteiger partial charge in [-0.1, -0.05) is 0 Å². The van der Waals surface area contributed by atoms with Gasteiger partial charge in [-0.2, -0.15) is 0 Å². The first-order chi connectivity index (χ1) is 6.58. The van der Waals surface area contributed by atoms with Crippen LogP contribution in [0, 0.1) is 0 Å². The number of primary amides is 1. The zero-order valence-corrected chi connectivity index (χ0v) is 8.03. The molecule has 1 fully saturated rings. The highest BCUT2D eigenvalue weighted by molar-refractivity contribution is 5.93. The maximum absolute atomic E-state index is 11.0. The van der Waals surface area contributed by atoms with Crippen molar-refractivity contribution in [3.63, 3.8) is 0 Å². The lowest BCUT2D eigenvalue weighted by Crippen LogP contribution is -2.37. The summed E-state index contributed by atoms with van der Waals surface area (Å²) in [5.74, 6) is -0.335. The molecule has 0 aromatic rings. The van der Waals surface area contributed by atoms with Crippen LogP contribution in [0.25, 0.3) is 0 Å². The number of hydrogen-bond donors (Lipinski definition) is 3. The Hall–Kier alpha value is -1.14. The van der Waals surface area contributed by atoms with E-state index in [-0.39, 0.29) is 18.4 Å². The Kier molecular flexibility index (Phi) is 3.84. The summed E-state index contributed by atoms with van der Waals surface area (Å²) >= 11 is 0. The Balaban J connectivity index is 2.14. The number of nitrogens with two attached hydrogens (primary N) is 2. The van der Waals surface area contributed by atoms with Crippen LogP contribution in [-0.2, 0) is 4.79 Å². The maximum Gasteiger partial charge on any atom is 0.318 e. The second-order valence-electron chi connectivity index (χ2n) is 3.51. The van der Waals surface area contributed by atoms with Crippen LogP contribution in [0.5, 0.6) is 0 Å². The standard InChI is InChI=1S/C8H16N4O2/c9-6-1-3-12(5-6)4-2-7(13)11-8(10)14/h6H,1-5,9H2,(H3,10,11,13,14). The molecule has 1 unspecified atom stereocenters. The number of nitrogens with zero attached hydrogens (tertiary/aromatic N) is 1. The van der Waals surface area contributed by atoms with Gasteiger partial charge in [-0.3, -0.25) is 10.1 Å². The Morgan fingerprint density at radius 2 is 2.21 bits per heavy atom. The van der Waals surface area contributed by atoms with Crippen molar-refractivity contribution in [1.82, 2.24) is 10.2 Å². The zero-order chi connectivity index (χ0) is 10.6. The number of imide groups is 1. The van der Waals surface area contributed by atoms with Crippen molar-refractivity contribution in [3.05, 3.63) is 0 Å². The van der Waals surface area contributed by atoms with E-state index in [1.165, 1.54) is 0 Å². The molecule has 1 saturated heterocycles. The number of nitrogens with one attached hydrogen (secondary N) is 1. The first kappa shape index (κ1) is 10.9. The summed E-state index contributed by atoms with van der Waals surface area (Å²) < 4.78 is 0. The topological polar surface area (TPSA) is 101 Å². The normalized spacial score (nSPS) is 22.2. The number of hydrogen-bond acceptors (Lipinski definition) is 4. The third-order valence-electron chi connectivity index (χ3n) is 2.23. The summed E-state index contributed by atoms with van der Waals surface area (Å²) in [5.41, 5.74) is 10.5. The third-order valence-corrected chi connectivity index (χ3v) is 2.23. The maximum atomic E-state index is 11.0. The number of carbonyl (C=O) groups is 2. The highest BCUT2D eigenvalue weighted by Gasteiger charge is 2.19. The summed E-state index contributed by atoms with van der Waals surface area (Å²) in [7, 11) is 0. The molecule has 6 heteroatoms. The van der Waals surface area contributed by atoms with Crippen molar-refractivity contribution < 1.29 is 9.59 Å². The lowest BCUT2D eigenvalue weighted by Gasteiger charge is -2.13. The summed E-state index contributed by atoms with van der Waals surface area (Å²) in [6, 6.07) is -0.581. The molecule has 6 nitrogen and oxygen atoms in total. The molecule has 1 aliphatic heterocycles. The van der Waals surface area contributed by atoms with Gasteiger partial charge < -0.3 is 16.4 Å². The molecule has 14 heavy (non-hydrogen) atoms. The predicted octanol–water partition coefficient (Wildman–Crippen LogP) is -1.40. The van der Waals surface area contributed by atoms with Crippen molar-refractivity contribution in [2.75, 3.05) is 19.6 Å². The minimum atomic E-state index is -0.798. The van der Waals surface area contributed by atoms with Crippen molar-refractivity contribution in [2.24, 2.45) is 11.5 Å². The summed E-state index contributed by atoms with van der Waals surface area (Å²) in [4.78, 5) is 23.4. The Bertz CT molecular complexity index is 231. The van der Waals surface area contributed by atoms with E-state index in [0.717, 1.165) is 19.5 Å². The SMILES string of the molecule is NC(=O)NC(=O)CCN1CCC(N)C1. The minimum absolute atomic E-state index is 0.217. The van der Waals surface area contributed by atoms with E-state index in [2.05, 4.69) is 4.90 Å². The van der Waals surface area contributed by atoms with Gasteiger partial charge in [0.2, 0.25) is 5.91 Å². The molecular formula is C8H16N4O2. The predicted molar refractivity (Wildman–Crippen MR) is 51.4 cm³/mol. The second kappa shape index (κ2) is 4.92. The molecule has 1 heterocycles. The Morgan fingerprint density at radius 3 is 2.71 bits per heavy atom. The highest BCUT2D eigenvalue weighted by atomic mass is 16.2. The largest absolute Gasteiger partial charge is 0.351 e. The Morgan fingerprint density at radius 1 is 1.50 bits per heavy atom. The molecule has 0 bridgehead atoms. The van der Waals surface area contributed by atoms with Gasteiger partial charge in [0.15, 0.2) is 0 Å². The van der Waals surface area contributed by atoms with Crippen molar-refractivity contribution in [3.8, 4) is 0 Å². The molecule has 1 rings (SSSR count). The van der Waals surface area contributed by atoms with Gasteiger partial charge in [-0.25, -0.2) is 4.79 Å². The number of carbonyl (C=O) groups excluding carboxylic acids is 2. The van der Waals surface area contributed by atoms with E-state index in [1.54, 1.807) is 0 Å². The van der Waals surface area contributed by atoms with E-state index >= 15 is 0 Å². The minimum Gasteiger partial charge on any atom is -0.351 e. The third kappa shape index (κ3) is 3.71. The fourth-order valence-electron chi connectivity index (χ4n) is 1.53. The van der Waals surface area contributed by atoms with E-state index in [0.29, 0.717) is 6.54 Å². The van der Waals surface area contributed by atoms with E-state index in [9.17, 15) is 9.59 Å². The van der Waals surface area contributed by atoms with Crippen LogP contribution < -0.4 is 16.8 Å². The molecule has 5 N–H and O–H groups in total.